The standard InChI is InChI=1S/C13H20O3S/c1-4-12(17(15,16)5-2)13(14)11-8-6-10(3)7-9-11/h6-9,12-14H,4-5H2,1-3H3/t12-,13+/m0/s1. The van der Waals surface area contributed by atoms with Crippen LogP contribution in [-0.2, 0) is 9.84 Å². The maximum absolute atomic E-state index is 11.9. The molecule has 17 heavy (non-hydrogen) atoms. The average molecular weight is 256 g/mol. The Morgan fingerprint density at radius 3 is 2.12 bits per heavy atom. The summed E-state index contributed by atoms with van der Waals surface area (Å²) in [6, 6.07) is 7.33. The van der Waals surface area contributed by atoms with Crippen LogP contribution < -0.4 is 0 Å². The molecule has 0 aliphatic heterocycles. The van der Waals surface area contributed by atoms with Gasteiger partial charge in [-0.3, -0.25) is 0 Å². The highest BCUT2D eigenvalue weighted by Crippen LogP contribution is 2.25. The minimum atomic E-state index is -3.22. The highest BCUT2D eigenvalue weighted by Gasteiger charge is 2.30. The van der Waals surface area contributed by atoms with Crippen molar-refractivity contribution in [1.29, 1.82) is 0 Å². The molecule has 1 aromatic carbocycles. The fourth-order valence-electron chi connectivity index (χ4n) is 1.87. The van der Waals surface area contributed by atoms with Crippen molar-refractivity contribution in [3.8, 4) is 0 Å². The molecular formula is C13H20O3S. The van der Waals surface area contributed by atoms with E-state index in [1.54, 1.807) is 26.0 Å². The molecule has 0 heterocycles. The molecule has 96 valence electrons. The van der Waals surface area contributed by atoms with Crippen LogP contribution in [0.5, 0.6) is 0 Å². The van der Waals surface area contributed by atoms with Gasteiger partial charge in [-0.25, -0.2) is 8.42 Å². The van der Waals surface area contributed by atoms with Crippen molar-refractivity contribution in [1.82, 2.24) is 0 Å². The van der Waals surface area contributed by atoms with Crippen LogP contribution in [0.2, 0.25) is 0 Å². The van der Waals surface area contributed by atoms with E-state index in [1.807, 2.05) is 19.1 Å². The van der Waals surface area contributed by atoms with Crippen molar-refractivity contribution in [2.45, 2.75) is 38.5 Å². The van der Waals surface area contributed by atoms with E-state index < -0.39 is 21.2 Å². The van der Waals surface area contributed by atoms with Crippen molar-refractivity contribution in [2.24, 2.45) is 0 Å². The Bertz CT molecular complexity index is 448. The summed E-state index contributed by atoms with van der Waals surface area (Å²) in [6.07, 6.45) is -0.517. The molecule has 0 radical (unpaired) electrons. The number of rotatable bonds is 5. The summed E-state index contributed by atoms with van der Waals surface area (Å²) < 4.78 is 23.7. The molecule has 0 saturated carbocycles. The Balaban J connectivity index is 3.02. The monoisotopic (exact) mass is 256 g/mol. The third kappa shape index (κ3) is 3.30. The number of aryl methyl sites for hydroxylation is 1. The first-order chi connectivity index (χ1) is 7.92. The minimum Gasteiger partial charge on any atom is -0.387 e. The zero-order chi connectivity index (χ0) is 13.1. The van der Waals surface area contributed by atoms with E-state index in [0.717, 1.165) is 5.56 Å². The second-order valence-corrected chi connectivity index (χ2v) is 6.76. The van der Waals surface area contributed by atoms with Gasteiger partial charge in [-0.15, -0.1) is 0 Å². The highest BCUT2D eigenvalue weighted by atomic mass is 32.2. The van der Waals surface area contributed by atoms with E-state index in [4.69, 9.17) is 0 Å². The van der Waals surface area contributed by atoms with E-state index in [1.165, 1.54) is 0 Å². The molecule has 1 N–H and O–H groups in total. The Labute approximate surface area is 103 Å². The van der Waals surface area contributed by atoms with Crippen LogP contribution >= 0.6 is 0 Å². The fourth-order valence-corrected chi connectivity index (χ4v) is 3.35. The number of aliphatic hydroxyl groups excluding tert-OH is 1. The second kappa shape index (κ2) is 5.65. The molecule has 0 aromatic heterocycles. The lowest BCUT2D eigenvalue weighted by molar-refractivity contribution is 0.169. The Hall–Kier alpha value is -0.870. The third-order valence-corrected chi connectivity index (χ3v) is 5.36. The van der Waals surface area contributed by atoms with Crippen LogP contribution in [0.1, 0.15) is 37.5 Å². The van der Waals surface area contributed by atoms with Crippen molar-refractivity contribution < 1.29 is 13.5 Å². The summed E-state index contributed by atoms with van der Waals surface area (Å²) in [5.41, 5.74) is 1.76. The maximum Gasteiger partial charge on any atom is 0.155 e. The summed E-state index contributed by atoms with van der Waals surface area (Å²) >= 11 is 0. The van der Waals surface area contributed by atoms with Gasteiger partial charge >= 0.3 is 0 Å². The first-order valence-electron chi connectivity index (χ1n) is 5.88. The van der Waals surface area contributed by atoms with Gasteiger partial charge in [0.05, 0.1) is 11.4 Å². The smallest absolute Gasteiger partial charge is 0.155 e. The molecule has 2 atom stereocenters. The number of sulfone groups is 1. The van der Waals surface area contributed by atoms with E-state index in [2.05, 4.69) is 0 Å². The van der Waals surface area contributed by atoms with Gasteiger partial charge in [0.15, 0.2) is 9.84 Å². The molecule has 0 spiro atoms. The number of benzene rings is 1. The van der Waals surface area contributed by atoms with Crippen LogP contribution in [0.3, 0.4) is 0 Å². The van der Waals surface area contributed by atoms with Gasteiger partial charge in [0.2, 0.25) is 0 Å². The third-order valence-electron chi connectivity index (χ3n) is 3.04. The molecule has 0 fully saturated rings. The van der Waals surface area contributed by atoms with Gasteiger partial charge < -0.3 is 5.11 Å². The summed E-state index contributed by atoms with van der Waals surface area (Å²) in [5.74, 6) is 0.0639. The van der Waals surface area contributed by atoms with Crippen LogP contribution in [-0.4, -0.2) is 24.5 Å². The summed E-state index contributed by atoms with van der Waals surface area (Å²) in [4.78, 5) is 0. The largest absolute Gasteiger partial charge is 0.387 e. The minimum absolute atomic E-state index is 0.0639. The lowest BCUT2D eigenvalue weighted by Gasteiger charge is -2.21. The van der Waals surface area contributed by atoms with Crippen molar-refractivity contribution >= 4 is 9.84 Å². The molecule has 0 amide bonds. The molecule has 1 aromatic rings. The van der Waals surface area contributed by atoms with Gasteiger partial charge in [0.1, 0.15) is 0 Å². The number of aliphatic hydroxyl groups is 1. The predicted octanol–water partition coefficient (Wildman–Crippen LogP) is 2.24. The molecule has 0 saturated heterocycles. The summed E-state index contributed by atoms with van der Waals surface area (Å²) in [6.45, 7) is 5.35. The normalized spacial score (nSPS) is 15.5. The van der Waals surface area contributed by atoms with Crippen LogP contribution in [0, 0.1) is 6.92 Å². The van der Waals surface area contributed by atoms with Gasteiger partial charge in [0, 0.05) is 5.75 Å². The SMILES string of the molecule is CC[C@@H]([C@H](O)c1ccc(C)cc1)S(=O)(=O)CC. The van der Waals surface area contributed by atoms with Gasteiger partial charge in [-0.1, -0.05) is 43.7 Å². The fraction of sp³-hybridized carbons (Fsp3) is 0.538. The van der Waals surface area contributed by atoms with E-state index in [-0.39, 0.29) is 5.75 Å². The molecule has 0 unspecified atom stereocenters. The van der Waals surface area contributed by atoms with Crippen molar-refractivity contribution in [2.75, 3.05) is 5.75 Å². The Kier molecular flexibility index (Phi) is 4.71. The van der Waals surface area contributed by atoms with Gasteiger partial charge in [-0.2, -0.15) is 0 Å². The molecule has 0 aliphatic rings. The van der Waals surface area contributed by atoms with Crippen molar-refractivity contribution in [3.05, 3.63) is 35.4 Å². The van der Waals surface area contributed by atoms with E-state index >= 15 is 0 Å². The van der Waals surface area contributed by atoms with Crippen LogP contribution in [0.15, 0.2) is 24.3 Å². The topological polar surface area (TPSA) is 54.4 Å². The molecule has 0 aliphatic carbocycles. The van der Waals surface area contributed by atoms with Crippen LogP contribution in [0.25, 0.3) is 0 Å². The zero-order valence-electron chi connectivity index (χ0n) is 10.6. The predicted molar refractivity (Wildman–Crippen MR) is 69.7 cm³/mol. The number of hydrogen-bond donors (Lipinski definition) is 1. The summed E-state index contributed by atoms with van der Waals surface area (Å²) in [7, 11) is -3.22. The van der Waals surface area contributed by atoms with Crippen molar-refractivity contribution in [3.63, 3.8) is 0 Å². The van der Waals surface area contributed by atoms with Gasteiger partial charge in [0.25, 0.3) is 0 Å². The van der Waals surface area contributed by atoms with Crippen LogP contribution in [0.4, 0.5) is 0 Å². The number of hydrogen-bond acceptors (Lipinski definition) is 3. The molecule has 1 rings (SSSR count). The molecule has 3 nitrogen and oxygen atoms in total. The molecule has 0 bridgehead atoms. The van der Waals surface area contributed by atoms with E-state index in [9.17, 15) is 13.5 Å². The maximum atomic E-state index is 11.9. The first kappa shape index (κ1) is 14.2. The Morgan fingerprint density at radius 2 is 1.71 bits per heavy atom. The molecule has 4 heteroatoms. The quantitative estimate of drug-likeness (QED) is 0.879. The molecular weight excluding hydrogens is 236 g/mol. The lowest BCUT2D eigenvalue weighted by atomic mass is 10.0. The first-order valence-corrected chi connectivity index (χ1v) is 7.60. The van der Waals surface area contributed by atoms with Gasteiger partial charge in [-0.05, 0) is 18.9 Å². The lowest BCUT2D eigenvalue weighted by Crippen LogP contribution is -2.29. The highest BCUT2D eigenvalue weighted by molar-refractivity contribution is 7.92. The Morgan fingerprint density at radius 1 is 1.18 bits per heavy atom. The average Bonchev–Trinajstić information content (AvgIpc) is 2.30. The zero-order valence-corrected chi connectivity index (χ0v) is 11.4. The second-order valence-electron chi connectivity index (χ2n) is 4.25. The van der Waals surface area contributed by atoms with E-state index in [0.29, 0.717) is 12.0 Å². The summed E-state index contributed by atoms with van der Waals surface area (Å²) in [5, 5.41) is 9.45.